The Kier molecular flexibility index (Phi) is 5.89. The highest BCUT2D eigenvalue weighted by atomic mass is 32.2. The lowest BCUT2D eigenvalue weighted by molar-refractivity contribution is -0.137. The fourth-order valence-corrected chi connectivity index (χ4v) is 3.55. The molecule has 7 nitrogen and oxygen atoms in total. The Bertz CT molecular complexity index is 1120. The molecule has 0 aliphatic heterocycles. The molecule has 0 saturated carbocycles. The molecule has 1 aromatic heterocycles. The van der Waals surface area contributed by atoms with E-state index in [1.165, 1.54) is 7.11 Å². The highest BCUT2D eigenvalue weighted by Gasteiger charge is 2.32. The van der Waals surface area contributed by atoms with Crippen LogP contribution in [-0.2, 0) is 20.9 Å². The molecule has 2 N–H and O–H groups in total. The molecule has 0 atom stereocenters. The van der Waals surface area contributed by atoms with Gasteiger partial charge in [0.2, 0.25) is 0 Å². The number of hydrogen-bond donors (Lipinski definition) is 2. The van der Waals surface area contributed by atoms with Crippen molar-refractivity contribution in [2.75, 3.05) is 30.3 Å². The molecular formula is C18H17F3N4O3S. The summed E-state index contributed by atoms with van der Waals surface area (Å²) < 4.78 is 71.4. The van der Waals surface area contributed by atoms with Gasteiger partial charge in [-0.3, -0.25) is 4.72 Å². The molecule has 0 aliphatic rings. The monoisotopic (exact) mass is 426 g/mol. The average Bonchev–Trinajstić information content (AvgIpc) is 2.67. The van der Waals surface area contributed by atoms with Gasteiger partial charge in [0.05, 0.1) is 28.1 Å². The van der Waals surface area contributed by atoms with Crippen molar-refractivity contribution in [3.8, 4) is 0 Å². The van der Waals surface area contributed by atoms with Crippen LogP contribution in [0, 0.1) is 0 Å². The number of benzene rings is 2. The minimum atomic E-state index is -4.67. The van der Waals surface area contributed by atoms with Gasteiger partial charge in [-0.1, -0.05) is 18.2 Å². The molecule has 11 heteroatoms. The Hall–Kier alpha value is -2.92. The molecule has 2 aromatic carbocycles. The van der Waals surface area contributed by atoms with Crippen molar-refractivity contribution in [3.05, 3.63) is 54.1 Å². The van der Waals surface area contributed by atoms with Crippen LogP contribution < -0.4 is 10.0 Å². The molecule has 0 bridgehead atoms. The Morgan fingerprint density at radius 1 is 1.00 bits per heavy atom. The molecule has 0 aliphatic carbocycles. The predicted molar refractivity (Wildman–Crippen MR) is 102 cm³/mol. The van der Waals surface area contributed by atoms with Crippen LogP contribution in [0.3, 0.4) is 0 Å². The summed E-state index contributed by atoms with van der Waals surface area (Å²) in [6, 6.07) is 10.3. The number of nitrogens with one attached hydrogen (secondary N) is 2. The topological polar surface area (TPSA) is 93.2 Å². The van der Waals surface area contributed by atoms with E-state index >= 15 is 0 Å². The minimum absolute atomic E-state index is 0.128. The molecule has 0 amide bonds. The molecule has 0 saturated heterocycles. The number of aromatic nitrogens is 2. The maximum Gasteiger partial charge on any atom is 0.416 e. The van der Waals surface area contributed by atoms with Crippen LogP contribution in [0.1, 0.15) is 5.56 Å². The molecule has 3 rings (SSSR count). The van der Waals surface area contributed by atoms with Crippen LogP contribution >= 0.6 is 0 Å². The van der Waals surface area contributed by atoms with Crippen molar-refractivity contribution in [3.63, 3.8) is 0 Å². The van der Waals surface area contributed by atoms with Gasteiger partial charge in [-0.2, -0.15) is 13.2 Å². The van der Waals surface area contributed by atoms with E-state index in [-0.39, 0.29) is 11.6 Å². The lowest BCUT2D eigenvalue weighted by Crippen LogP contribution is -2.18. The maximum absolute atomic E-state index is 12.9. The number of hydrogen-bond acceptors (Lipinski definition) is 6. The highest BCUT2D eigenvalue weighted by molar-refractivity contribution is 7.92. The molecule has 1 heterocycles. The van der Waals surface area contributed by atoms with Gasteiger partial charge in [0.25, 0.3) is 10.0 Å². The number of rotatable bonds is 7. The summed E-state index contributed by atoms with van der Waals surface area (Å²) in [7, 11) is -2.84. The summed E-state index contributed by atoms with van der Waals surface area (Å²) in [6.45, 7) is 0.649. The number of methoxy groups -OCH3 is 1. The molecule has 0 radical (unpaired) electrons. The van der Waals surface area contributed by atoms with Crippen LogP contribution in [0.4, 0.5) is 24.8 Å². The number of anilines is 2. The van der Waals surface area contributed by atoms with E-state index in [0.717, 1.165) is 18.2 Å². The third-order valence-corrected chi connectivity index (χ3v) is 5.21. The zero-order valence-electron chi connectivity index (χ0n) is 15.2. The third kappa shape index (κ3) is 4.93. The Balaban J connectivity index is 2.00. The van der Waals surface area contributed by atoms with Gasteiger partial charge in [0, 0.05) is 13.7 Å². The first-order valence-electron chi connectivity index (χ1n) is 8.40. The SMILES string of the molecule is COCCNc1nc2ccccc2nc1NS(=O)(=O)c1cccc(C(F)(F)F)c1. The van der Waals surface area contributed by atoms with Crippen molar-refractivity contribution in [1.82, 2.24) is 9.97 Å². The van der Waals surface area contributed by atoms with E-state index in [1.807, 2.05) is 0 Å². The number of halogens is 3. The van der Waals surface area contributed by atoms with Crippen LogP contribution in [0.5, 0.6) is 0 Å². The third-order valence-electron chi connectivity index (χ3n) is 3.87. The van der Waals surface area contributed by atoms with Crippen LogP contribution in [0.15, 0.2) is 53.4 Å². The van der Waals surface area contributed by atoms with Crippen molar-refractivity contribution in [2.45, 2.75) is 11.1 Å². The molecule has 154 valence electrons. The van der Waals surface area contributed by atoms with Crippen LogP contribution in [-0.4, -0.2) is 38.6 Å². The summed E-state index contributed by atoms with van der Waals surface area (Å²) in [5, 5.41) is 2.91. The van der Waals surface area contributed by atoms with E-state index in [1.54, 1.807) is 24.3 Å². The van der Waals surface area contributed by atoms with E-state index in [0.29, 0.717) is 30.3 Å². The lowest BCUT2D eigenvalue weighted by atomic mass is 10.2. The second-order valence-corrected chi connectivity index (χ2v) is 7.64. The van der Waals surface area contributed by atoms with Crippen LogP contribution in [0.25, 0.3) is 11.0 Å². The van der Waals surface area contributed by atoms with Crippen LogP contribution in [0.2, 0.25) is 0 Å². The van der Waals surface area contributed by atoms with Crippen molar-refractivity contribution >= 4 is 32.7 Å². The number of alkyl halides is 3. The van der Waals surface area contributed by atoms with Gasteiger partial charge < -0.3 is 10.1 Å². The largest absolute Gasteiger partial charge is 0.416 e. The minimum Gasteiger partial charge on any atom is -0.383 e. The summed E-state index contributed by atoms with van der Waals surface area (Å²) in [5.74, 6) is 0.00788. The molecule has 0 unspecified atom stereocenters. The first-order chi connectivity index (χ1) is 13.7. The van der Waals surface area contributed by atoms with E-state index in [2.05, 4.69) is 20.0 Å². The zero-order valence-corrected chi connectivity index (χ0v) is 16.0. The predicted octanol–water partition coefficient (Wildman–Crippen LogP) is 3.51. The van der Waals surface area contributed by atoms with Crippen molar-refractivity contribution < 1.29 is 26.3 Å². The summed E-state index contributed by atoms with van der Waals surface area (Å²) in [6.07, 6.45) is -4.67. The number of fused-ring (bicyclic) bond motifs is 1. The number of para-hydroxylation sites is 2. The number of ether oxygens (including phenoxy) is 1. The Morgan fingerprint density at radius 2 is 1.66 bits per heavy atom. The number of sulfonamides is 1. The summed E-state index contributed by atoms with van der Waals surface area (Å²) in [4.78, 5) is 8.07. The summed E-state index contributed by atoms with van der Waals surface area (Å²) >= 11 is 0. The Morgan fingerprint density at radius 3 is 2.28 bits per heavy atom. The zero-order chi connectivity index (χ0) is 21.1. The molecule has 29 heavy (non-hydrogen) atoms. The molecule has 0 fully saturated rings. The lowest BCUT2D eigenvalue weighted by Gasteiger charge is -2.14. The average molecular weight is 426 g/mol. The second-order valence-electron chi connectivity index (χ2n) is 5.96. The van der Waals surface area contributed by atoms with Gasteiger partial charge in [-0.25, -0.2) is 18.4 Å². The summed E-state index contributed by atoms with van der Waals surface area (Å²) in [5.41, 5.74) is -0.121. The standard InChI is InChI=1S/C18H17F3N4O3S/c1-28-10-9-22-16-17(24-15-8-3-2-7-14(15)23-16)25-29(26,27)13-6-4-5-12(11-13)18(19,20)21/h2-8,11H,9-10H2,1H3,(H,22,23)(H,24,25). The van der Waals surface area contributed by atoms with Gasteiger partial charge in [0.15, 0.2) is 11.6 Å². The molecular weight excluding hydrogens is 409 g/mol. The van der Waals surface area contributed by atoms with E-state index in [9.17, 15) is 21.6 Å². The van der Waals surface area contributed by atoms with Gasteiger partial charge in [0.1, 0.15) is 0 Å². The van der Waals surface area contributed by atoms with E-state index < -0.39 is 26.7 Å². The number of nitrogens with zero attached hydrogens (tertiary/aromatic N) is 2. The van der Waals surface area contributed by atoms with Gasteiger partial charge >= 0.3 is 6.18 Å². The van der Waals surface area contributed by atoms with Crippen molar-refractivity contribution in [2.24, 2.45) is 0 Å². The molecule has 0 spiro atoms. The fraction of sp³-hybridized carbons (Fsp3) is 0.222. The second kappa shape index (κ2) is 8.21. The highest BCUT2D eigenvalue weighted by Crippen LogP contribution is 2.31. The van der Waals surface area contributed by atoms with E-state index in [4.69, 9.17) is 4.74 Å². The Labute approximate surface area is 165 Å². The van der Waals surface area contributed by atoms with Gasteiger partial charge in [-0.05, 0) is 30.3 Å². The first kappa shape index (κ1) is 20.8. The van der Waals surface area contributed by atoms with Crippen molar-refractivity contribution in [1.29, 1.82) is 0 Å². The fourth-order valence-electron chi connectivity index (χ4n) is 2.49. The quantitative estimate of drug-likeness (QED) is 0.562. The molecule has 3 aromatic rings. The smallest absolute Gasteiger partial charge is 0.383 e. The normalized spacial score (nSPS) is 12.1. The van der Waals surface area contributed by atoms with Gasteiger partial charge in [-0.15, -0.1) is 0 Å². The first-order valence-corrected chi connectivity index (χ1v) is 9.89. The maximum atomic E-state index is 12.9.